The van der Waals surface area contributed by atoms with Gasteiger partial charge in [-0.3, -0.25) is 4.90 Å². The van der Waals surface area contributed by atoms with E-state index in [9.17, 15) is 0 Å². The Bertz CT molecular complexity index is 264. The van der Waals surface area contributed by atoms with Crippen molar-refractivity contribution in [3.63, 3.8) is 0 Å². The predicted molar refractivity (Wildman–Crippen MR) is 79.4 cm³/mol. The number of nitrogens with two attached hydrogens (primary N) is 1. The van der Waals surface area contributed by atoms with Crippen LogP contribution in [-0.2, 0) is 4.74 Å². The molecule has 112 valence electrons. The van der Waals surface area contributed by atoms with Gasteiger partial charge in [0.05, 0.1) is 6.10 Å². The quantitative estimate of drug-likeness (QED) is 0.817. The minimum Gasteiger partial charge on any atom is -0.380 e. The molecule has 0 aromatic heterocycles. The van der Waals surface area contributed by atoms with Gasteiger partial charge < -0.3 is 15.4 Å². The highest BCUT2D eigenvalue weighted by molar-refractivity contribution is 4.98. The first-order valence-electron chi connectivity index (χ1n) is 7.94. The van der Waals surface area contributed by atoms with Crippen molar-refractivity contribution in [3.05, 3.63) is 0 Å². The predicted octanol–water partition coefficient (Wildman–Crippen LogP) is 1.30. The third-order valence-corrected chi connectivity index (χ3v) is 5.09. The molecule has 0 radical (unpaired) electrons. The third-order valence-electron chi connectivity index (χ3n) is 5.09. The summed E-state index contributed by atoms with van der Waals surface area (Å²) in [5, 5.41) is 0. The van der Waals surface area contributed by atoms with Gasteiger partial charge in [0.2, 0.25) is 0 Å². The minimum absolute atomic E-state index is 0.238. The van der Waals surface area contributed by atoms with Crippen LogP contribution in [-0.4, -0.2) is 67.8 Å². The zero-order valence-electron chi connectivity index (χ0n) is 12.7. The second kappa shape index (κ2) is 7.02. The summed E-state index contributed by atoms with van der Waals surface area (Å²) in [6.45, 7) is 8.98. The molecule has 0 saturated carbocycles. The van der Waals surface area contributed by atoms with E-state index in [2.05, 4.69) is 16.7 Å². The number of hydrogen-bond acceptors (Lipinski definition) is 4. The Hall–Kier alpha value is -0.160. The van der Waals surface area contributed by atoms with Crippen molar-refractivity contribution in [2.45, 2.75) is 50.7 Å². The van der Waals surface area contributed by atoms with Crippen LogP contribution < -0.4 is 5.73 Å². The van der Waals surface area contributed by atoms with Gasteiger partial charge in [0, 0.05) is 25.7 Å². The van der Waals surface area contributed by atoms with Crippen molar-refractivity contribution in [3.8, 4) is 0 Å². The lowest BCUT2D eigenvalue weighted by atomic mass is 9.84. The Balaban J connectivity index is 1.95. The Labute approximate surface area is 118 Å². The van der Waals surface area contributed by atoms with Gasteiger partial charge in [-0.05, 0) is 58.3 Å². The molecule has 19 heavy (non-hydrogen) atoms. The fourth-order valence-electron chi connectivity index (χ4n) is 3.72. The Morgan fingerprint density at radius 3 is 2.58 bits per heavy atom. The van der Waals surface area contributed by atoms with Crippen LogP contribution in [0.1, 0.15) is 39.0 Å². The number of rotatable bonds is 5. The first-order valence-corrected chi connectivity index (χ1v) is 7.94. The first kappa shape index (κ1) is 15.2. The Kier molecular flexibility index (Phi) is 5.63. The van der Waals surface area contributed by atoms with Crippen LogP contribution in [0.4, 0.5) is 0 Å². The molecule has 2 N–H and O–H groups in total. The van der Waals surface area contributed by atoms with Crippen LogP contribution >= 0.6 is 0 Å². The summed E-state index contributed by atoms with van der Waals surface area (Å²) in [5.41, 5.74) is 6.41. The van der Waals surface area contributed by atoms with Gasteiger partial charge in [-0.2, -0.15) is 0 Å². The molecule has 0 amide bonds. The Morgan fingerprint density at radius 2 is 2.00 bits per heavy atom. The van der Waals surface area contributed by atoms with E-state index in [1.807, 2.05) is 7.11 Å². The number of ether oxygens (including phenoxy) is 1. The summed E-state index contributed by atoms with van der Waals surface area (Å²) in [6, 6.07) is 0. The van der Waals surface area contributed by atoms with Crippen molar-refractivity contribution in [1.82, 2.24) is 9.80 Å². The smallest absolute Gasteiger partial charge is 0.0698 e. The van der Waals surface area contributed by atoms with Crippen LogP contribution in [0, 0.1) is 0 Å². The van der Waals surface area contributed by atoms with Crippen molar-refractivity contribution in [2.75, 3.05) is 46.4 Å². The summed E-state index contributed by atoms with van der Waals surface area (Å²) in [6.07, 6.45) is 6.56. The summed E-state index contributed by atoms with van der Waals surface area (Å²) in [4.78, 5) is 5.22. The standard InChI is InChI=1S/C15H31N3O/c1-3-8-17-10-6-15(13-16,7-11-17)18-9-4-5-14(12-18)19-2/h14H,3-13,16H2,1-2H3. The molecule has 1 unspecified atom stereocenters. The van der Waals surface area contributed by atoms with Gasteiger partial charge in [-0.25, -0.2) is 0 Å². The molecule has 1 atom stereocenters. The maximum absolute atomic E-state index is 6.17. The minimum atomic E-state index is 0.238. The Morgan fingerprint density at radius 1 is 1.26 bits per heavy atom. The molecule has 4 nitrogen and oxygen atoms in total. The van der Waals surface area contributed by atoms with Gasteiger partial charge >= 0.3 is 0 Å². The lowest BCUT2D eigenvalue weighted by Gasteiger charge is -2.51. The summed E-state index contributed by atoms with van der Waals surface area (Å²) in [7, 11) is 1.84. The number of hydrogen-bond donors (Lipinski definition) is 1. The van der Waals surface area contributed by atoms with Crippen LogP contribution in [0.3, 0.4) is 0 Å². The summed E-state index contributed by atoms with van der Waals surface area (Å²) < 4.78 is 5.57. The third kappa shape index (κ3) is 3.48. The van der Waals surface area contributed by atoms with E-state index < -0.39 is 0 Å². The molecule has 4 heteroatoms. The lowest BCUT2D eigenvalue weighted by molar-refractivity contribution is -0.0402. The normalized spacial score (nSPS) is 29.5. The van der Waals surface area contributed by atoms with Crippen LogP contribution in [0.2, 0.25) is 0 Å². The zero-order chi connectivity index (χ0) is 13.7. The fraction of sp³-hybridized carbons (Fsp3) is 1.00. The average Bonchev–Trinajstić information content (AvgIpc) is 2.49. The molecular formula is C15H31N3O. The monoisotopic (exact) mass is 269 g/mol. The van der Waals surface area contributed by atoms with Crippen LogP contribution in [0.15, 0.2) is 0 Å². The SMILES string of the molecule is CCCN1CCC(CN)(N2CCCC(OC)C2)CC1. The lowest BCUT2D eigenvalue weighted by Crippen LogP contribution is -2.62. The van der Waals surface area contributed by atoms with E-state index >= 15 is 0 Å². The molecule has 2 fully saturated rings. The number of piperidine rings is 2. The van der Waals surface area contributed by atoms with E-state index in [-0.39, 0.29) is 5.54 Å². The van der Waals surface area contributed by atoms with E-state index in [1.165, 1.54) is 58.3 Å². The molecule has 0 aliphatic carbocycles. The highest BCUT2D eigenvalue weighted by atomic mass is 16.5. The van der Waals surface area contributed by atoms with Crippen LogP contribution in [0.25, 0.3) is 0 Å². The maximum Gasteiger partial charge on any atom is 0.0698 e. The van der Waals surface area contributed by atoms with Crippen molar-refractivity contribution >= 4 is 0 Å². The first-order chi connectivity index (χ1) is 9.24. The average molecular weight is 269 g/mol. The van der Waals surface area contributed by atoms with Gasteiger partial charge in [-0.1, -0.05) is 6.92 Å². The molecule has 0 bridgehead atoms. The highest BCUT2D eigenvalue weighted by Crippen LogP contribution is 2.31. The zero-order valence-corrected chi connectivity index (χ0v) is 12.7. The van der Waals surface area contributed by atoms with Crippen molar-refractivity contribution < 1.29 is 4.74 Å². The molecule has 0 aromatic rings. The maximum atomic E-state index is 6.17. The van der Waals surface area contributed by atoms with E-state index in [1.54, 1.807) is 0 Å². The molecule has 2 heterocycles. The van der Waals surface area contributed by atoms with Crippen LogP contribution in [0.5, 0.6) is 0 Å². The second-order valence-electron chi connectivity index (χ2n) is 6.22. The molecule has 2 saturated heterocycles. The largest absolute Gasteiger partial charge is 0.380 e. The van der Waals surface area contributed by atoms with Gasteiger partial charge in [0.1, 0.15) is 0 Å². The highest BCUT2D eigenvalue weighted by Gasteiger charge is 2.40. The fourth-order valence-corrected chi connectivity index (χ4v) is 3.72. The summed E-state index contributed by atoms with van der Waals surface area (Å²) in [5.74, 6) is 0. The summed E-state index contributed by atoms with van der Waals surface area (Å²) >= 11 is 0. The topological polar surface area (TPSA) is 41.7 Å². The van der Waals surface area contributed by atoms with Gasteiger partial charge in [0.25, 0.3) is 0 Å². The molecule has 0 spiro atoms. The second-order valence-corrected chi connectivity index (χ2v) is 6.22. The molecule has 2 aliphatic rings. The van der Waals surface area contributed by atoms with E-state index in [0.717, 1.165) is 13.1 Å². The molecule has 2 aliphatic heterocycles. The number of likely N-dealkylation sites (tertiary alicyclic amines) is 2. The van der Waals surface area contributed by atoms with E-state index in [0.29, 0.717) is 6.10 Å². The van der Waals surface area contributed by atoms with E-state index in [4.69, 9.17) is 10.5 Å². The van der Waals surface area contributed by atoms with Gasteiger partial charge in [0.15, 0.2) is 0 Å². The molecule has 2 rings (SSSR count). The van der Waals surface area contributed by atoms with Crippen molar-refractivity contribution in [1.29, 1.82) is 0 Å². The number of nitrogens with zero attached hydrogens (tertiary/aromatic N) is 2. The number of methoxy groups -OCH3 is 1. The van der Waals surface area contributed by atoms with Gasteiger partial charge in [-0.15, -0.1) is 0 Å². The van der Waals surface area contributed by atoms with Crippen molar-refractivity contribution in [2.24, 2.45) is 5.73 Å². The molecular weight excluding hydrogens is 238 g/mol. The molecule has 0 aromatic carbocycles.